The fourth-order valence-electron chi connectivity index (χ4n) is 0.534. The van der Waals surface area contributed by atoms with E-state index in [9.17, 15) is 0 Å². The molecular weight excluding hydrogens is 197 g/mol. The molecule has 1 aromatic carbocycles. The van der Waals surface area contributed by atoms with E-state index < -0.39 is 0 Å². The molecule has 1 rings (SSSR count). The van der Waals surface area contributed by atoms with Gasteiger partial charge in [-0.2, -0.15) is 0 Å². The van der Waals surface area contributed by atoms with E-state index >= 15 is 0 Å². The summed E-state index contributed by atoms with van der Waals surface area (Å²) in [4.78, 5) is 0. The number of hydrogen-bond donors (Lipinski definition) is 1. The predicted molar refractivity (Wildman–Crippen MR) is 48.9 cm³/mol. The maximum absolute atomic E-state index is 5.38. The van der Waals surface area contributed by atoms with Gasteiger partial charge in [0.05, 0.1) is 0 Å². The highest BCUT2D eigenvalue weighted by molar-refractivity contribution is 8.93. The summed E-state index contributed by atoms with van der Waals surface area (Å²) in [6, 6.07) is 10.0. The third kappa shape index (κ3) is 2.95. The van der Waals surface area contributed by atoms with Crippen molar-refractivity contribution in [3.05, 3.63) is 30.3 Å². The van der Waals surface area contributed by atoms with Gasteiger partial charge in [0.25, 0.3) is 0 Å². The monoisotopic (exact) mass is 205 g/mol. The molecule has 1 atom stereocenters. The Balaban J connectivity index is 0.000000640. The SMILES string of the molecule is Br.NPc1ccccc1. The minimum atomic E-state index is 0. The lowest BCUT2D eigenvalue weighted by atomic mass is 10.4. The van der Waals surface area contributed by atoms with Gasteiger partial charge in [0.1, 0.15) is 0 Å². The van der Waals surface area contributed by atoms with Crippen LogP contribution in [0.4, 0.5) is 0 Å². The number of rotatable bonds is 1. The van der Waals surface area contributed by atoms with Gasteiger partial charge in [-0.05, 0) is 14.0 Å². The first kappa shape index (κ1) is 9.09. The lowest BCUT2D eigenvalue weighted by Crippen LogP contribution is -1.94. The quantitative estimate of drug-likeness (QED) is 0.691. The predicted octanol–water partition coefficient (Wildman–Crippen LogP) is 1.44. The van der Waals surface area contributed by atoms with Crippen LogP contribution >= 0.6 is 25.7 Å². The fourth-order valence-corrected chi connectivity index (χ4v) is 0.919. The molecule has 0 saturated heterocycles. The number of nitrogens with two attached hydrogens (primary N) is 1. The van der Waals surface area contributed by atoms with E-state index in [4.69, 9.17) is 5.50 Å². The van der Waals surface area contributed by atoms with Crippen molar-refractivity contribution in [2.24, 2.45) is 5.50 Å². The maximum atomic E-state index is 5.38. The molecule has 9 heavy (non-hydrogen) atoms. The Hall–Kier alpha value is 0.0900. The molecule has 50 valence electrons. The smallest absolute Gasteiger partial charge is 0.0127 e. The van der Waals surface area contributed by atoms with E-state index in [1.165, 1.54) is 5.30 Å². The first-order valence-electron chi connectivity index (χ1n) is 2.45. The highest BCUT2D eigenvalue weighted by Crippen LogP contribution is 1.95. The largest absolute Gasteiger partial charge is 0.308 e. The van der Waals surface area contributed by atoms with Gasteiger partial charge >= 0.3 is 0 Å². The van der Waals surface area contributed by atoms with Crippen LogP contribution < -0.4 is 10.8 Å². The average Bonchev–Trinajstić information content (AvgIpc) is 1.90. The molecule has 0 radical (unpaired) electrons. The first-order chi connectivity index (χ1) is 3.93. The Kier molecular flexibility index (Phi) is 4.97. The van der Waals surface area contributed by atoms with E-state index in [-0.39, 0.29) is 17.0 Å². The van der Waals surface area contributed by atoms with Crippen molar-refractivity contribution >= 4 is 31.0 Å². The third-order valence-electron chi connectivity index (χ3n) is 0.940. The molecule has 3 heteroatoms. The van der Waals surface area contributed by atoms with Gasteiger partial charge in [-0.15, -0.1) is 17.0 Å². The Morgan fingerprint density at radius 3 is 2.00 bits per heavy atom. The van der Waals surface area contributed by atoms with Crippen molar-refractivity contribution in [2.45, 2.75) is 0 Å². The molecule has 0 aliphatic heterocycles. The molecule has 2 N–H and O–H groups in total. The van der Waals surface area contributed by atoms with Crippen molar-refractivity contribution in [2.75, 3.05) is 0 Å². The molecule has 0 aliphatic carbocycles. The minimum Gasteiger partial charge on any atom is -0.308 e. The summed E-state index contributed by atoms with van der Waals surface area (Å²) in [6.45, 7) is 0. The summed E-state index contributed by atoms with van der Waals surface area (Å²) in [6.07, 6.45) is 0. The molecule has 0 aromatic heterocycles. The van der Waals surface area contributed by atoms with Crippen LogP contribution in [0.25, 0.3) is 0 Å². The summed E-state index contributed by atoms with van der Waals surface area (Å²) >= 11 is 0. The van der Waals surface area contributed by atoms with Crippen LogP contribution in [0.2, 0.25) is 0 Å². The molecule has 0 heterocycles. The normalized spacial score (nSPS) is 9.44. The molecular formula is C6H9BrNP. The van der Waals surface area contributed by atoms with Crippen LogP contribution in [0.3, 0.4) is 0 Å². The van der Waals surface area contributed by atoms with E-state index in [0.717, 1.165) is 0 Å². The zero-order chi connectivity index (χ0) is 5.82. The van der Waals surface area contributed by atoms with E-state index in [1.807, 2.05) is 30.3 Å². The third-order valence-corrected chi connectivity index (χ3v) is 1.61. The summed E-state index contributed by atoms with van der Waals surface area (Å²) < 4.78 is 0. The highest BCUT2D eigenvalue weighted by atomic mass is 79.9. The van der Waals surface area contributed by atoms with Gasteiger partial charge < -0.3 is 5.50 Å². The van der Waals surface area contributed by atoms with Crippen LogP contribution in [0.15, 0.2) is 30.3 Å². The number of hydrogen-bond acceptors (Lipinski definition) is 1. The molecule has 0 bridgehead atoms. The zero-order valence-corrected chi connectivity index (χ0v) is 7.59. The zero-order valence-electron chi connectivity index (χ0n) is 4.87. The summed E-state index contributed by atoms with van der Waals surface area (Å²) in [5, 5.41) is 1.22. The maximum Gasteiger partial charge on any atom is -0.0127 e. The summed E-state index contributed by atoms with van der Waals surface area (Å²) in [5.41, 5.74) is 5.38. The van der Waals surface area contributed by atoms with Crippen LogP contribution in [0, 0.1) is 0 Å². The van der Waals surface area contributed by atoms with Gasteiger partial charge in [0, 0.05) is 0 Å². The first-order valence-corrected chi connectivity index (χ1v) is 3.53. The van der Waals surface area contributed by atoms with Crippen molar-refractivity contribution in [3.8, 4) is 0 Å². The molecule has 1 unspecified atom stereocenters. The van der Waals surface area contributed by atoms with E-state index in [0.29, 0.717) is 8.73 Å². The second-order valence-electron chi connectivity index (χ2n) is 1.51. The van der Waals surface area contributed by atoms with Gasteiger partial charge in [0.15, 0.2) is 0 Å². The average molecular weight is 206 g/mol. The van der Waals surface area contributed by atoms with Gasteiger partial charge in [-0.25, -0.2) is 0 Å². The van der Waals surface area contributed by atoms with Crippen molar-refractivity contribution in [1.82, 2.24) is 0 Å². The summed E-state index contributed by atoms with van der Waals surface area (Å²) in [7, 11) is 0.430. The molecule has 0 amide bonds. The Morgan fingerprint density at radius 1 is 1.11 bits per heavy atom. The highest BCUT2D eigenvalue weighted by Gasteiger charge is 1.80. The van der Waals surface area contributed by atoms with Crippen LogP contribution in [0.5, 0.6) is 0 Å². The number of halogens is 1. The lowest BCUT2D eigenvalue weighted by molar-refractivity contribution is 1.77. The van der Waals surface area contributed by atoms with Gasteiger partial charge in [-0.3, -0.25) is 0 Å². The van der Waals surface area contributed by atoms with Gasteiger partial charge in [0.2, 0.25) is 0 Å². The van der Waals surface area contributed by atoms with E-state index in [2.05, 4.69) is 0 Å². The van der Waals surface area contributed by atoms with Crippen LogP contribution in [0.1, 0.15) is 0 Å². The standard InChI is InChI=1S/C6H8NP.BrH/c7-8-6-4-2-1-3-5-6;/h1-5,8H,7H2;1H. The molecule has 0 fully saturated rings. The molecule has 0 spiro atoms. The fraction of sp³-hybridized carbons (Fsp3) is 0. The van der Waals surface area contributed by atoms with E-state index in [1.54, 1.807) is 0 Å². The van der Waals surface area contributed by atoms with Crippen molar-refractivity contribution < 1.29 is 0 Å². The Labute approximate surface area is 67.3 Å². The van der Waals surface area contributed by atoms with Gasteiger partial charge in [-0.1, -0.05) is 30.3 Å². The second-order valence-corrected chi connectivity index (χ2v) is 2.38. The van der Waals surface area contributed by atoms with Crippen molar-refractivity contribution in [3.63, 3.8) is 0 Å². The molecule has 0 aliphatic rings. The molecule has 1 aromatic rings. The Morgan fingerprint density at radius 2 is 1.67 bits per heavy atom. The molecule has 1 nitrogen and oxygen atoms in total. The topological polar surface area (TPSA) is 26.0 Å². The number of benzene rings is 1. The summed E-state index contributed by atoms with van der Waals surface area (Å²) in [5.74, 6) is 0. The van der Waals surface area contributed by atoms with Crippen LogP contribution in [-0.2, 0) is 0 Å². The Bertz CT molecular complexity index is 154. The molecule has 0 saturated carbocycles. The van der Waals surface area contributed by atoms with Crippen LogP contribution in [-0.4, -0.2) is 0 Å². The lowest BCUT2D eigenvalue weighted by Gasteiger charge is -1.89. The van der Waals surface area contributed by atoms with Crippen molar-refractivity contribution in [1.29, 1.82) is 0 Å². The minimum absolute atomic E-state index is 0. The second kappa shape index (κ2) is 4.92.